The van der Waals surface area contributed by atoms with Crippen molar-refractivity contribution in [2.24, 2.45) is 0 Å². The Kier molecular flexibility index (Phi) is 6.46. The van der Waals surface area contributed by atoms with Crippen molar-refractivity contribution in [2.45, 2.75) is 0 Å². The minimum atomic E-state index is 0.703. The number of hydrogen-bond donors (Lipinski definition) is 0. The Morgan fingerprint density at radius 3 is 1.94 bits per heavy atom. The van der Waals surface area contributed by atoms with Crippen molar-refractivity contribution in [1.29, 1.82) is 0 Å². The summed E-state index contributed by atoms with van der Waals surface area (Å²) in [7, 11) is 0. The summed E-state index contributed by atoms with van der Waals surface area (Å²) in [6.45, 7) is 0. The van der Waals surface area contributed by atoms with Gasteiger partial charge in [0.15, 0.2) is 5.82 Å². The van der Waals surface area contributed by atoms with Gasteiger partial charge in [-0.1, -0.05) is 115 Å². The predicted molar refractivity (Wildman–Crippen MR) is 207 cm³/mol. The fourth-order valence-corrected chi connectivity index (χ4v) is 7.38. The van der Waals surface area contributed by atoms with E-state index in [2.05, 4.69) is 179 Å². The van der Waals surface area contributed by atoms with Crippen molar-refractivity contribution < 1.29 is 0 Å². The molecule has 234 valence electrons. The van der Waals surface area contributed by atoms with E-state index in [1.807, 2.05) is 12.1 Å². The summed E-state index contributed by atoms with van der Waals surface area (Å²) in [5, 5.41) is 4.67. The topological polar surface area (TPSA) is 35.6 Å². The van der Waals surface area contributed by atoms with Crippen LogP contribution in [0.1, 0.15) is 0 Å². The third kappa shape index (κ3) is 4.61. The average Bonchev–Trinajstić information content (AvgIpc) is 3.76. The van der Waals surface area contributed by atoms with Crippen LogP contribution in [0.4, 0.5) is 0 Å². The molecule has 10 aromatic rings. The SMILES string of the molecule is c1ccc(-c2cccc(-c3nc(-c4cccc(-n5c6ccccc6c6cc7c(ccn7-c7ccccc7)cc65)c4)nc4ccccc34)c2)cc1. The van der Waals surface area contributed by atoms with Gasteiger partial charge in [0.1, 0.15) is 0 Å². The van der Waals surface area contributed by atoms with Crippen molar-refractivity contribution in [3.05, 3.63) is 182 Å². The molecule has 0 aliphatic heterocycles. The second kappa shape index (κ2) is 11.4. The summed E-state index contributed by atoms with van der Waals surface area (Å²) < 4.78 is 4.64. The van der Waals surface area contributed by atoms with E-state index in [0.717, 1.165) is 50.2 Å². The minimum Gasteiger partial charge on any atom is -0.317 e. The lowest BCUT2D eigenvalue weighted by Crippen LogP contribution is -1.98. The van der Waals surface area contributed by atoms with Crippen LogP contribution < -0.4 is 0 Å². The normalized spacial score (nSPS) is 11.6. The summed E-state index contributed by atoms with van der Waals surface area (Å²) in [4.78, 5) is 10.4. The van der Waals surface area contributed by atoms with Crippen LogP contribution >= 0.6 is 0 Å². The smallest absolute Gasteiger partial charge is 0.160 e. The van der Waals surface area contributed by atoms with Crippen molar-refractivity contribution in [3.8, 4) is 45.1 Å². The molecule has 0 radical (unpaired) electrons. The van der Waals surface area contributed by atoms with E-state index in [4.69, 9.17) is 9.97 Å². The van der Waals surface area contributed by atoms with Gasteiger partial charge in [-0.2, -0.15) is 0 Å². The van der Waals surface area contributed by atoms with Crippen molar-refractivity contribution in [1.82, 2.24) is 19.1 Å². The fraction of sp³-hybridized carbons (Fsp3) is 0. The molecule has 0 atom stereocenters. The largest absolute Gasteiger partial charge is 0.317 e. The molecular weight excluding hydrogens is 609 g/mol. The van der Waals surface area contributed by atoms with E-state index >= 15 is 0 Å². The van der Waals surface area contributed by atoms with Crippen LogP contribution in [0.25, 0.3) is 88.8 Å². The summed E-state index contributed by atoms with van der Waals surface area (Å²) >= 11 is 0. The van der Waals surface area contributed by atoms with Crippen LogP contribution in [0.15, 0.2) is 182 Å². The molecule has 4 nitrogen and oxygen atoms in total. The van der Waals surface area contributed by atoms with E-state index < -0.39 is 0 Å². The second-order valence-corrected chi connectivity index (χ2v) is 12.7. The molecule has 0 unspecified atom stereocenters. The first kappa shape index (κ1) is 28.3. The highest BCUT2D eigenvalue weighted by molar-refractivity contribution is 6.13. The third-order valence-corrected chi connectivity index (χ3v) is 9.73. The number of hydrogen-bond acceptors (Lipinski definition) is 2. The third-order valence-electron chi connectivity index (χ3n) is 9.73. The molecule has 0 N–H and O–H groups in total. The maximum atomic E-state index is 5.27. The lowest BCUT2D eigenvalue weighted by atomic mass is 9.99. The van der Waals surface area contributed by atoms with Crippen LogP contribution in [0.3, 0.4) is 0 Å². The Morgan fingerprint density at radius 1 is 0.380 bits per heavy atom. The van der Waals surface area contributed by atoms with Gasteiger partial charge >= 0.3 is 0 Å². The molecule has 0 bridgehead atoms. The van der Waals surface area contributed by atoms with E-state index in [0.29, 0.717) is 5.82 Å². The maximum absolute atomic E-state index is 5.27. The molecule has 0 spiro atoms. The van der Waals surface area contributed by atoms with Gasteiger partial charge in [-0.05, 0) is 71.8 Å². The monoisotopic (exact) mass is 638 g/mol. The molecule has 0 aliphatic rings. The Balaban J connectivity index is 1.14. The van der Waals surface area contributed by atoms with E-state index in [-0.39, 0.29) is 0 Å². The molecule has 7 aromatic carbocycles. The van der Waals surface area contributed by atoms with Gasteiger partial charge in [0.05, 0.1) is 27.8 Å². The Bertz CT molecular complexity index is 2860. The first-order chi connectivity index (χ1) is 24.8. The highest BCUT2D eigenvalue weighted by Crippen LogP contribution is 2.37. The standard InChI is InChI=1S/C46H30N4/c1-3-13-31(14-4-1)32-15-11-16-34(27-32)45-39-22-7-9-23-41(39)47-46(48-45)35-17-12-20-37(28-35)50-42-24-10-8-21-38(42)40-30-43-33(29-44(40)50)25-26-49(43)36-18-5-2-6-19-36/h1-30H. The summed E-state index contributed by atoms with van der Waals surface area (Å²) in [6, 6.07) is 62.1. The first-order valence-electron chi connectivity index (χ1n) is 16.9. The highest BCUT2D eigenvalue weighted by atomic mass is 15.0. The molecule has 0 fully saturated rings. The number of rotatable bonds is 5. The van der Waals surface area contributed by atoms with Crippen molar-refractivity contribution in [3.63, 3.8) is 0 Å². The molecule has 4 heteroatoms. The van der Waals surface area contributed by atoms with Crippen LogP contribution in [-0.2, 0) is 0 Å². The zero-order valence-electron chi connectivity index (χ0n) is 27.1. The molecular formula is C46H30N4. The first-order valence-corrected chi connectivity index (χ1v) is 16.9. The Labute approximate surface area is 289 Å². The number of aromatic nitrogens is 4. The Morgan fingerprint density at radius 2 is 1.06 bits per heavy atom. The fourth-order valence-electron chi connectivity index (χ4n) is 7.38. The molecule has 0 aliphatic carbocycles. The molecule has 0 saturated carbocycles. The van der Waals surface area contributed by atoms with Gasteiger partial charge in [-0.3, -0.25) is 0 Å². The van der Waals surface area contributed by atoms with Crippen LogP contribution in [0, 0.1) is 0 Å². The van der Waals surface area contributed by atoms with E-state index in [1.165, 1.54) is 32.8 Å². The van der Waals surface area contributed by atoms with Gasteiger partial charge in [0, 0.05) is 50.2 Å². The summed E-state index contributed by atoms with van der Waals surface area (Å²) in [6.07, 6.45) is 2.16. The molecule has 3 heterocycles. The Hall–Kier alpha value is -6.78. The zero-order chi connectivity index (χ0) is 33.0. The predicted octanol–water partition coefficient (Wildman–Crippen LogP) is 11.7. The molecule has 3 aromatic heterocycles. The van der Waals surface area contributed by atoms with E-state index in [1.54, 1.807) is 0 Å². The molecule has 50 heavy (non-hydrogen) atoms. The lowest BCUT2D eigenvalue weighted by Gasteiger charge is -2.13. The van der Waals surface area contributed by atoms with Crippen molar-refractivity contribution >= 4 is 43.6 Å². The van der Waals surface area contributed by atoms with Crippen LogP contribution in [0.5, 0.6) is 0 Å². The van der Waals surface area contributed by atoms with Gasteiger partial charge in [-0.15, -0.1) is 0 Å². The number of nitrogens with zero attached hydrogens (tertiary/aromatic N) is 4. The number of fused-ring (bicyclic) bond motifs is 5. The molecule has 0 amide bonds. The van der Waals surface area contributed by atoms with Crippen molar-refractivity contribution in [2.75, 3.05) is 0 Å². The molecule has 0 saturated heterocycles. The maximum Gasteiger partial charge on any atom is 0.160 e. The quantitative estimate of drug-likeness (QED) is 0.188. The number of para-hydroxylation sites is 3. The van der Waals surface area contributed by atoms with Gasteiger partial charge in [0.2, 0.25) is 0 Å². The number of benzene rings is 7. The zero-order valence-corrected chi connectivity index (χ0v) is 27.1. The minimum absolute atomic E-state index is 0.703. The van der Waals surface area contributed by atoms with Crippen LogP contribution in [-0.4, -0.2) is 19.1 Å². The van der Waals surface area contributed by atoms with Gasteiger partial charge in [0.25, 0.3) is 0 Å². The lowest BCUT2D eigenvalue weighted by molar-refractivity contribution is 1.13. The summed E-state index contributed by atoms with van der Waals surface area (Å²) in [5.41, 5.74) is 12.0. The highest BCUT2D eigenvalue weighted by Gasteiger charge is 2.17. The van der Waals surface area contributed by atoms with Gasteiger partial charge < -0.3 is 9.13 Å². The second-order valence-electron chi connectivity index (χ2n) is 12.7. The van der Waals surface area contributed by atoms with E-state index in [9.17, 15) is 0 Å². The van der Waals surface area contributed by atoms with Gasteiger partial charge in [-0.25, -0.2) is 9.97 Å². The van der Waals surface area contributed by atoms with Crippen LogP contribution in [0.2, 0.25) is 0 Å². The average molecular weight is 639 g/mol. The molecule has 10 rings (SSSR count). The summed E-state index contributed by atoms with van der Waals surface area (Å²) in [5.74, 6) is 0.703.